The number of para-hydroxylation sites is 1. The summed E-state index contributed by atoms with van der Waals surface area (Å²) in [6, 6.07) is 12.7. The minimum absolute atomic E-state index is 0.216. The Morgan fingerprint density at radius 2 is 1.91 bits per heavy atom. The molecule has 114 valence electrons. The van der Waals surface area contributed by atoms with Gasteiger partial charge in [-0.2, -0.15) is 0 Å². The molecule has 23 heavy (non-hydrogen) atoms. The smallest absolute Gasteiger partial charge is 0.399 e. The van der Waals surface area contributed by atoms with Crippen molar-refractivity contribution in [3.05, 3.63) is 58.8 Å². The first-order valence-electron chi connectivity index (χ1n) is 7.94. The summed E-state index contributed by atoms with van der Waals surface area (Å²) >= 11 is 0. The van der Waals surface area contributed by atoms with Crippen molar-refractivity contribution in [1.82, 2.24) is 4.81 Å². The van der Waals surface area contributed by atoms with Crippen LogP contribution in [-0.2, 0) is 7.05 Å². The Morgan fingerprint density at radius 1 is 1.13 bits per heavy atom. The number of aryl methyl sites for hydroxylation is 2. The van der Waals surface area contributed by atoms with Crippen LogP contribution >= 0.6 is 0 Å². The molecular weight excluding hydrogens is 283 g/mol. The molecule has 3 aromatic rings. The lowest BCUT2D eigenvalue weighted by Crippen LogP contribution is -2.62. The van der Waals surface area contributed by atoms with E-state index in [1.165, 1.54) is 27.2 Å². The van der Waals surface area contributed by atoms with Gasteiger partial charge in [-0.15, -0.1) is 0 Å². The Labute approximate surface area is 136 Å². The average Bonchev–Trinajstić information content (AvgIpc) is 2.88. The second-order valence-electron chi connectivity index (χ2n) is 6.46. The van der Waals surface area contributed by atoms with Crippen LogP contribution in [0.2, 0.25) is 0 Å². The molecule has 0 fully saturated rings. The van der Waals surface area contributed by atoms with Crippen molar-refractivity contribution in [2.45, 2.75) is 13.8 Å². The number of fused-ring (bicyclic) bond motifs is 3. The first kappa shape index (κ1) is 14.1. The molecule has 1 aliphatic rings. The molecule has 0 spiro atoms. The monoisotopic (exact) mass is 303 g/mol. The molecule has 1 aromatic carbocycles. The van der Waals surface area contributed by atoms with E-state index in [-0.39, 0.29) is 6.85 Å². The summed E-state index contributed by atoms with van der Waals surface area (Å²) < 4.78 is 8.25. The third-order valence-corrected chi connectivity index (χ3v) is 4.78. The lowest BCUT2D eigenvalue weighted by molar-refractivity contribution is -0.654. The number of furan rings is 1. The zero-order valence-corrected chi connectivity index (χ0v) is 14.0. The second kappa shape index (κ2) is 5.02. The number of nitrogens with zero attached hydrogens (tertiary/aromatic N) is 2. The minimum atomic E-state index is 0.216. The number of hydrogen-bond acceptors (Lipinski definition) is 2. The molecule has 0 bridgehead atoms. The Morgan fingerprint density at radius 3 is 2.74 bits per heavy atom. The molecule has 0 unspecified atom stereocenters. The lowest BCUT2D eigenvalue weighted by atomic mass is 9.50. The number of aromatic nitrogens is 1. The fourth-order valence-corrected chi connectivity index (χ4v) is 3.66. The third kappa shape index (κ3) is 2.09. The van der Waals surface area contributed by atoms with E-state index in [0.717, 1.165) is 11.0 Å². The van der Waals surface area contributed by atoms with Crippen molar-refractivity contribution in [3.8, 4) is 0 Å². The molecule has 4 rings (SSSR count). The lowest BCUT2D eigenvalue weighted by Gasteiger charge is -2.24. The highest BCUT2D eigenvalue weighted by molar-refractivity contribution is 6.85. The van der Waals surface area contributed by atoms with Crippen LogP contribution in [0.1, 0.15) is 12.5 Å². The van der Waals surface area contributed by atoms with Crippen molar-refractivity contribution in [1.29, 1.82) is 0 Å². The van der Waals surface area contributed by atoms with E-state index in [4.69, 9.17) is 4.42 Å². The molecule has 3 nitrogen and oxygen atoms in total. The minimum Gasteiger partial charge on any atom is -0.455 e. The van der Waals surface area contributed by atoms with Gasteiger partial charge in [0, 0.05) is 28.9 Å². The largest absolute Gasteiger partial charge is 0.455 e. The van der Waals surface area contributed by atoms with Crippen molar-refractivity contribution in [2.24, 2.45) is 7.05 Å². The zero-order chi connectivity index (χ0) is 16.1. The van der Waals surface area contributed by atoms with Crippen LogP contribution in [0.15, 0.2) is 47.0 Å². The van der Waals surface area contributed by atoms with Gasteiger partial charge in [0.2, 0.25) is 0 Å². The van der Waals surface area contributed by atoms with Crippen LogP contribution in [0.4, 0.5) is 0 Å². The molecule has 0 amide bonds. The maximum atomic E-state index is 6.04. The van der Waals surface area contributed by atoms with Gasteiger partial charge >= 0.3 is 6.85 Å². The third-order valence-electron chi connectivity index (χ3n) is 4.78. The maximum Gasteiger partial charge on any atom is 0.399 e. The van der Waals surface area contributed by atoms with Gasteiger partial charge in [0.25, 0.3) is 0 Å². The first-order chi connectivity index (χ1) is 11.1. The highest BCUT2D eigenvalue weighted by atomic mass is 16.3. The predicted molar refractivity (Wildman–Crippen MR) is 94.5 cm³/mol. The van der Waals surface area contributed by atoms with E-state index in [2.05, 4.69) is 74.0 Å². The van der Waals surface area contributed by atoms with E-state index in [9.17, 15) is 0 Å². The summed E-state index contributed by atoms with van der Waals surface area (Å²) in [4.78, 5) is 2.24. The fraction of sp³-hybridized carbons (Fsp3) is 0.211. The number of rotatable bonds is 1. The quantitative estimate of drug-likeness (QED) is 0.491. The van der Waals surface area contributed by atoms with Gasteiger partial charge in [-0.3, -0.25) is 0 Å². The Kier molecular flexibility index (Phi) is 3.08. The van der Waals surface area contributed by atoms with Gasteiger partial charge < -0.3 is 9.23 Å². The van der Waals surface area contributed by atoms with Gasteiger partial charge in [0.1, 0.15) is 18.0 Å². The number of benzene rings is 1. The van der Waals surface area contributed by atoms with Crippen LogP contribution in [-0.4, -0.2) is 18.7 Å². The van der Waals surface area contributed by atoms with Gasteiger partial charge in [0.05, 0.1) is 0 Å². The van der Waals surface area contributed by atoms with Gasteiger partial charge in [-0.25, -0.2) is 4.57 Å². The molecule has 0 aliphatic carbocycles. The van der Waals surface area contributed by atoms with Crippen LogP contribution in [0, 0.1) is 6.92 Å². The molecule has 4 heteroatoms. The van der Waals surface area contributed by atoms with E-state index in [1.54, 1.807) is 0 Å². The standard InChI is InChI=1S/C19H20BN2O/c1-13-9-10-21(3)18(11-13)20-14(2)19-15-7-5-6-8-16(15)23-17(19)12-22(20)4/h5-12H,1-4H3/q+1. The molecule has 1 aliphatic heterocycles. The normalized spacial score (nSPS) is 14.2. The molecule has 2 aromatic heterocycles. The van der Waals surface area contributed by atoms with Gasteiger partial charge in [-0.05, 0) is 32.5 Å². The molecule has 0 saturated heterocycles. The Balaban J connectivity index is 2.06. The second-order valence-corrected chi connectivity index (χ2v) is 6.46. The van der Waals surface area contributed by atoms with E-state index < -0.39 is 0 Å². The van der Waals surface area contributed by atoms with Crippen molar-refractivity contribution in [3.63, 3.8) is 0 Å². The van der Waals surface area contributed by atoms with Crippen molar-refractivity contribution >= 4 is 35.1 Å². The SMILES string of the molecule is CC1=c2c(oc3ccccc23)=CN(C)B1c1cc(C)cc[n+]1C. The highest BCUT2D eigenvalue weighted by Gasteiger charge is 2.35. The topological polar surface area (TPSA) is 20.3 Å². The average molecular weight is 303 g/mol. The fourth-order valence-electron chi connectivity index (χ4n) is 3.66. The zero-order valence-electron chi connectivity index (χ0n) is 14.0. The molecule has 0 atom stereocenters. The summed E-state index contributed by atoms with van der Waals surface area (Å²) in [6.45, 7) is 4.58. The molecule has 0 saturated carbocycles. The van der Waals surface area contributed by atoms with Crippen LogP contribution in [0.25, 0.3) is 22.6 Å². The van der Waals surface area contributed by atoms with Crippen LogP contribution < -0.4 is 20.8 Å². The Bertz CT molecular complexity index is 1040. The maximum absolute atomic E-state index is 6.04. The number of pyridine rings is 1. The summed E-state index contributed by atoms with van der Waals surface area (Å²) in [5.41, 5.74) is 5.81. The van der Waals surface area contributed by atoms with E-state index >= 15 is 0 Å². The number of hydrogen-bond donors (Lipinski definition) is 0. The summed E-state index contributed by atoms with van der Waals surface area (Å²) in [7, 11) is 4.23. The first-order valence-corrected chi connectivity index (χ1v) is 7.94. The predicted octanol–water partition coefficient (Wildman–Crippen LogP) is 0.858. The van der Waals surface area contributed by atoms with Crippen molar-refractivity contribution < 1.29 is 8.98 Å². The summed E-state index contributed by atoms with van der Waals surface area (Å²) in [5.74, 6) is 0. The van der Waals surface area contributed by atoms with E-state index in [1.807, 2.05) is 12.1 Å². The van der Waals surface area contributed by atoms with Crippen molar-refractivity contribution in [2.75, 3.05) is 7.05 Å². The molecule has 0 radical (unpaired) electrons. The summed E-state index contributed by atoms with van der Waals surface area (Å²) in [5, 5.41) is 2.44. The highest BCUT2D eigenvalue weighted by Crippen LogP contribution is 2.13. The van der Waals surface area contributed by atoms with Gasteiger partial charge in [-0.1, -0.05) is 23.7 Å². The molecule has 0 N–H and O–H groups in total. The molecule has 3 heterocycles. The van der Waals surface area contributed by atoms with Gasteiger partial charge in [0.15, 0.2) is 11.8 Å². The Hall–Kier alpha value is -2.49. The van der Waals surface area contributed by atoms with Crippen LogP contribution in [0.3, 0.4) is 0 Å². The van der Waals surface area contributed by atoms with Crippen LogP contribution in [0.5, 0.6) is 0 Å². The van der Waals surface area contributed by atoms with E-state index in [0.29, 0.717) is 0 Å². The summed E-state index contributed by atoms with van der Waals surface area (Å²) in [6.07, 6.45) is 4.25. The molecular formula is C19H20BN2O+.